The number of rotatable bonds is 5. The maximum atomic E-state index is 12.7. The monoisotopic (exact) mass is 379 g/mol. The number of hydrogen-bond donors (Lipinski definition) is 1. The van der Waals surface area contributed by atoms with E-state index in [2.05, 4.69) is 20.9 Å². The predicted octanol–water partition coefficient (Wildman–Crippen LogP) is 4.96. The molecule has 0 unspecified atom stereocenters. The lowest BCUT2D eigenvalue weighted by molar-refractivity contribution is 0.0988. The number of aromatic nitrogens is 1. The zero-order valence-corrected chi connectivity index (χ0v) is 15.4. The van der Waals surface area contributed by atoms with Crippen LogP contribution in [0.5, 0.6) is 0 Å². The highest BCUT2D eigenvalue weighted by Crippen LogP contribution is 2.32. The van der Waals surface area contributed by atoms with Gasteiger partial charge in [-0.3, -0.25) is 9.59 Å². The van der Waals surface area contributed by atoms with Crippen molar-refractivity contribution in [1.82, 2.24) is 4.98 Å². The van der Waals surface area contributed by atoms with Gasteiger partial charge in [-0.05, 0) is 61.3 Å². The van der Waals surface area contributed by atoms with Crippen LogP contribution in [0.4, 0.5) is 0 Å². The molecule has 1 aromatic carbocycles. The average molecular weight is 380 g/mol. The van der Waals surface area contributed by atoms with Gasteiger partial charge < -0.3 is 4.98 Å². The molecule has 0 radical (unpaired) electrons. The van der Waals surface area contributed by atoms with Crippen LogP contribution in [0.2, 0.25) is 0 Å². The molecule has 0 saturated heterocycles. The second kappa shape index (κ2) is 6.84. The van der Waals surface area contributed by atoms with E-state index in [-0.39, 0.29) is 16.8 Å². The Hall–Kier alpha value is -1.33. The topological polar surface area (TPSA) is 49.9 Å². The Morgan fingerprint density at radius 3 is 2.41 bits per heavy atom. The third kappa shape index (κ3) is 3.36. The van der Waals surface area contributed by atoms with Crippen molar-refractivity contribution in [2.24, 2.45) is 0 Å². The van der Waals surface area contributed by atoms with E-state index in [9.17, 15) is 9.59 Å². The van der Waals surface area contributed by atoms with E-state index in [1.54, 1.807) is 0 Å². The van der Waals surface area contributed by atoms with Crippen molar-refractivity contribution >= 4 is 39.3 Å². The van der Waals surface area contributed by atoms with Crippen molar-refractivity contribution < 1.29 is 9.59 Å². The number of nitrogens with one attached hydrogen (secondary N) is 1. The van der Waals surface area contributed by atoms with Gasteiger partial charge in [0, 0.05) is 20.6 Å². The lowest BCUT2D eigenvalue weighted by Gasteiger charge is -2.11. The molecule has 1 N–H and O–H groups in total. The van der Waals surface area contributed by atoms with Crippen LogP contribution >= 0.6 is 27.7 Å². The Labute approximate surface area is 143 Å². The van der Waals surface area contributed by atoms with Gasteiger partial charge in [0.15, 0.2) is 11.6 Å². The number of carbonyl (C=O) groups is 2. The van der Waals surface area contributed by atoms with Crippen molar-refractivity contribution in [3.63, 3.8) is 0 Å². The van der Waals surface area contributed by atoms with Crippen LogP contribution in [0.3, 0.4) is 0 Å². The number of halogens is 1. The van der Waals surface area contributed by atoms with Crippen molar-refractivity contribution in [2.75, 3.05) is 0 Å². The number of thioether (sulfide) groups is 1. The van der Waals surface area contributed by atoms with Crippen LogP contribution in [-0.2, 0) is 0 Å². The number of hydrogen-bond acceptors (Lipinski definition) is 3. The molecule has 1 heterocycles. The number of benzene rings is 1. The lowest BCUT2D eigenvalue weighted by atomic mass is 10.0. The summed E-state index contributed by atoms with van der Waals surface area (Å²) in [6.07, 6.45) is 0. The molecular formula is C17H18BrNO2S. The second-order valence-electron chi connectivity index (χ2n) is 5.24. The van der Waals surface area contributed by atoms with Gasteiger partial charge in [-0.2, -0.15) is 0 Å². The van der Waals surface area contributed by atoms with Gasteiger partial charge in [0.05, 0.1) is 10.9 Å². The Kier molecular flexibility index (Phi) is 5.29. The first-order chi connectivity index (χ1) is 10.3. The van der Waals surface area contributed by atoms with E-state index in [0.717, 1.165) is 20.6 Å². The van der Waals surface area contributed by atoms with Gasteiger partial charge >= 0.3 is 0 Å². The number of aryl methyl sites for hydroxylation is 1. The SMILES string of the molecule is CC(=O)c1c(C)[nH]c(C(=O)[C@@H](C)Sc2ccccc2Br)c1C. The molecule has 1 aromatic heterocycles. The van der Waals surface area contributed by atoms with E-state index in [4.69, 9.17) is 0 Å². The molecule has 0 amide bonds. The maximum absolute atomic E-state index is 12.7. The molecule has 0 aliphatic carbocycles. The first kappa shape index (κ1) is 17.0. The van der Waals surface area contributed by atoms with Gasteiger partial charge in [-0.1, -0.05) is 12.1 Å². The van der Waals surface area contributed by atoms with Crippen LogP contribution in [0.25, 0.3) is 0 Å². The highest BCUT2D eigenvalue weighted by Gasteiger charge is 2.24. The molecule has 5 heteroatoms. The molecule has 0 aliphatic heterocycles. The lowest BCUT2D eigenvalue weighted by Crippen LogP contribution is -2.15. The summed E-state index contributed by atoms with van der Waals surface area (Å²) in [5.41, 5.74) is 2.66. The molecule has 0 bridgehead atoms. The number of ketones is 2. The minimum Gasteiger partial charge on any atom is -0.355 e. The summed E-state index contributed by atoms with van der Waals surface area (Å²) >= 11 is 5.00. The van der Waals surface area contributed by atoms with Gasteiger partial charge in [0.2, 0.25) is 0 Å². The summed E-state index contributed by atoms with van der Waals surface area (Å²) in [7, 11) is 0. The zero-order valence-electron chi connectivity index (χ0n) is 13.0. The fourth-order valence-corrected chi connectivity index (χ4v) is 4.02. The molecule has 22 heavy (non-hydrogen) atoms. The van der Waals surface area contributed by atoms with Crippen molar-refractivity contribution in [3.8, 4) is 0 Å². The first-order valence-electron chi connectivity index (χ1n) is 6.98. The summed E-state index contributed by atoms with van der Waals surface area (Å²) in [5.74, 6) is -0.00902. The summed E-state index contributed by atoms with van der Waals surface area (Å²) in [6, 6.07) is 7.82. The van der Waals surface area contributed by atoms with E-state index >= 15 is 0 Å². The molecule has 2 aromatic rings. The molecule has 0 spiro atoms. The Morgan fingerprint density at radius 1 is 1.23 bits per heavy atom. The van der Waals surface area contributed by atoms with Crippen LogP contribution in [0.1, 0.15) is 46.0 Å². The van der Waals surface area contributed by atoms with Gasteiger partial charge in [0.25, 0.3) is 0 Å². The average Bonchev–Trinajstić information content (AvgIpc) is 2.75. The zero-order chi connectivity index (χ0) is 16.4. The van der Waals surface area contributed by atoms with Gasteiger partial charge in [0.1, 0.15) is 0 Å². The summed E-state index contributed by atoms with van der Waals surface area (Å²) in [6.45, 7) is 7.06. The fourth-order valence-electron chi connectivity index (χ4n) is 2.51. The van der Waals surface area contributed by atoms with E-state index in [1.807, 2.05) is 45.0 Å². The Bertz CT molecular complexity index is 736. The molecule has 116 valence electrons. The number of Topliss-reactive ketones (excluding diaryl/α,β-unsaturated/α-hetero) is 2. The predicted molar refractivity (Wildman–Crippen MR) is 94.1 cm³/mol. The molecule has 0 fully saturated rings. The molecule has 2 rings (SSSR count). The summed E-state index contributed by atoms with van der Waals surface area (Å²) in [5, 5.41) is -0.241. The van der Waals surface area contributed by atoms with E-state index < -0.39 is 0 Å². The quantitative estimate of drug-likeness (QED) is 0.589. The van der Waals surface area contributed by atoms with E-state index in [0.29, 0.717) is 11.3 Å². The van der Waals surface area contributed by atoms with Crippen LogP contribution in [-0.4, -0.2) is 21.8 Å². The van der Waals surface area contributed by atoms with Gasteiger partial charge in [-0.25, -0.2) is 0 Å². The molecule has 3 nitrogen and oxygen atoms in total. The summed E-state index contributed by atoms with van der Waals surface area (Å²) < 4.78 is 0.975. The summed E-state index contributed by atoms with van der Waals surface area (Å²) in [4.78, 5) is 28.5. The standard InChI is InChI=1S/C17H18BrNO2S/c1-9-15(11(3)20)10(2)19-16(9)17(21)12(4)22-14-8-6-5-7-13(14)18/h5-8,12,19H,1-4H3/t12-/m1/s1. The largest absolute Gasteiger partial charge is 0.355 e. The fraction of sp³-hybridized carbons (Fsp3) is 0.294. The normalized spacial score (nSPS) is 12.2. The number of H-pyrrole nitrogens is 1. The number of carbonyl (C=O) groups excluding carboxylic acids is 2. The first-order valence-corrected chi connectivity index (χ1v) is 8.65. The van der Waals surface area contributed by atoms with Crippen molar-refractivity contribution in [3.05, 3.63) is 51.3 Å². The van der Waals surface area contributed by atoms with Crippen LogP contribution in [0, 0.1) is 13.8 Å². The third-order valence-corrected chi connectivity index (χ3v) is 5.68. The Balaban J connectivity index is 2.27. The number of aromatic amines is 1. The maximum Gasteiger partial charge on any atom is 0.192 e. The van der Waals surface area contributed by atoms with Crippen LogP contribution < -0.4 is 0 Å². The third-order valence-electron chi connectivity index (χ3n) is 3.55. The molecule has 1 atom stereocenters. The smallest absolute Gasteiger partial charge is 0.192 e. The Morgan fingerprint density at radius 2 is 1.86 bits per heavy atom. The molecule has 0 saturated carbocycles. The second-order valence-corrected chi connectivity index (χ2v) is 7.47. The van der Waals surface area contributed by atoms with Gasteiger partial charge in [-0.15, -0.1) is 11.8 Å². The minimum absolute atomic E-state index is 0.00820. The van der Waals surface area contributed by atoms with Crippen molar-refractivity contribution in [2.45, 2.75) is 37.8 Å². The van der Waals surface area contributed by atoms with Crippen LogP contribution in [0.15, 0.2) is 33.6 Å². The molecule has 0 aliphatic rings. The molecular weight excluding hydrogens is 362 g/mol. The minimum atomic E-state index is -0.241. The highest BCUT2D eigenvalue weighted by atomic mass is 79.9. The highest BCUT2D eigenvalue weighted by molar-refractivity contribution is 9.10. The van der Waals surface area contributed by atoms with Crippen molar-refractivity contribution in [1.29, 1.82) is 0 Å². The van der Waals surface area contributed by atoms with E-state index in [1.165, 1.54) is 18.7 Å².